The number of nitrogens with zero attached hydrogens (tertiary/aromatic N) is 2. The number of para-hydroxylation sites is 2. The van der Waals surface area contributed by atoms with Gasteiger partial charge in [0.15, 0.2) is 0 Å². The SMILES string of the molecule is c1ccc(COc2cccc(-c3nc4ccccc4nc3-c3cccc(OCc4ccccc4)c3)c2)cc1. The van der Waals surface area contributed by atoms with Gasteiger partial charge in [-0.1, -0.05) is 97.1 Å². The third-order valence-corrected chi connectivity index (χ3v) is 6.28. The molecule has 4 nitrogen and oxygen atoms in total. The van der Waals surface area contributed by atoms with Crippen LogP contribution in [0.5, 0.6) is 11.5 Å². The van der Waals surface area contributed by atoms with Crippen molar-refractivity contribution in [1.29, 1.82) is 0 Å². The number of rotatable bonds is 8. The molecule has 0 atom stereocenters. The lowest BCUT2D eigenvalue weighted by atomic mass is 10.0. The fourth-order valence-electron chi connectivity index (χ4n) is 4.35. The third kappa shape index (κ3) is 5.40. The highest BCUT2D eigenvalue weighted by Crippen LogP contribution is 2.34. The maximum atomic E-state index is 6.11. The zero-order chi connectivity index (χ0) is 25.6. The molecule has 0 aliphatic carbocycles. The Morgan fingerprint density at radius 3 is 1.29 bits per heavy atom. The van der Waals surface area contributed by atoms with E-state index >= 15 is 0 Å². The molecule has 5 aromatic carbocycles. The summed E-state index contributed by atoms with van der Waals surface area (Å²) in [7, 11) is 0. The van der Waals surface area contributed by atoms with Crippen molar-refractivity contribution >= 4 is 11.0 Å². The van der Waals surface area contributed by atoms with Gasteiger partial charge in [-0.25, -0.2) is 9.97 Å². The largest absolute Gasteiger partial charge is 0.489 e. The second-order valence-electron chi connectivity index (χ2n) is 9.01. The average Bonchev–Trinajstić information content (AvgIpc) is 3.00. The van der Waals surface area contributed by atoms with Gasteiger partial charge >= 0.3 is 0 Å². The van der Waals surface area contributed by atoms with Crippen molar-refractivity contribution in [1.82, 2.24) is 9.97 Å². The fourth-order valence-corrected chi connectivity index (χ4v) is 4.35. The highest BCUT2D eigenvalue weighted by Gasteiger charge is 2.15. The summed E-state index contributed by atoms with van der Waals surface area (Å²) in [5, 5.41) is 0. The molecular weight excluding hydrogens is 468 g/mol. The fraction of sp³-hybridized carbons (Fsp3) is 0.0588. The quantitative estimate of drug-likeness (QED) is 0.214. The number of benzene rings is 5. The summed E-state index contributed by atoms with van der Waals surface area (Å²) in [4.78, 5) is 10.1. The Bertz CT molecular complexity index is 1540. The number of hydrogen-bond donors (Lipinski definition) is 0. The van der Waals surface area contributed by atoms with E-state index in [0.717, 1.165) is 56.2 Å². The molecule has 6 aromatic rings. The average molecular weight is 495 g/mol. The van der Waals surface area contributed by atoms with Crippen LogP contribution in [0.3, 0.4) is 0 Å². The molecule has 0 amide bonds. The molecule has 184 valence electrons. The van der Waals surface area contributed by atoms with Crippen molar-refractivity contribution in [2.45, 2.75) is 13.2 Å². The highest BCUT2D eigenvalue weighted by molar-refractivity contribution is 5.86. The molecule has 0 aliphatic rings. The predicted molar refractivity (Wildman–Crippen MR) is 152 cm³/mol. The van der Waals surface area contributed by atoms with Gasteiger partial charge in [0.2, 0.25) is 0 Å². The Morgan fingerprint density at radius 2 is 0.842 bits per heavy atom. The van der Waals surface area contributed by atoms with Crippen molar-refractivity contribution in [3.05, 3.63) is 145 Å². The first-order valence-electron chi connectivity index (χ1n) is 12.6. The number of aromatic nitrogens is 2. The van der Waals surface area contributed by atoms with Crippen LogP contribution in [0.2, 0.25) is 0 Å². The van der Waals surface area contributed by atoms with Gasteiger partial charge < -0.3 is 9.47 Å². The van der Waals surface area contributed by atoms with Crippen molar-refractivity contribution < 1.29 is 9.47 Å². The molecule has 1 heterocycles. The summed E-state index contributed by atoms with van der Waals surface area (Å²) in [5.41, 5.74) is 7.42. The summed E-state index contributed by atoms with van der Waals surface area (Å²) in [6.45, 7) is 1.00. The van der Waals surface area contributed by atoms with Gasteiger partial charge in [-0.05, 0) is 47.5 Å². The summed E-state index contributed by atoms with van der Waals surface area (Å²) < 4.78 is 12.2. The summed E-state index contributed by atoms with van der Waals surface area (Å²) >= 11 is 0. The van der Waals surface area contributed by atoms with Crippen molar-refractivity contribution in [3.8, 4) is 34.0 Å². The molecule has 0 spiro atoms. The lowest BCUT2D eigenvalue weighted by Gasteiger charge is -2.13. The Hall–Kier alpha value is -4.96. The third-order valence-electron chi connectivity index (χ3n) is 6.28. The zero-order valence-electron chi connectivity index (χ0n) is 20.8. The van der Waals surface area contributed by atoms with Crippen molar-refractivity contribution in [3.63, 3.8) is 0 Å². The molecule has 4 heteroatoms. The highest BCUT2D eigenvalue weighted by atomic mass is 16.5. The Balaban J connectivity index is 1.35. The zero-order valence-corrected chi connectivity index (χ0v) is 20.8. The van der Waals surface area contributed by atoms with Crippen LogP contribution in [0.15, 0.2) is 133 Å². The molecule has 0 saturated heterocycles. The maximum Gasteiger partial charge on any atom is 0.120 e. The minimum Gasteiger partial charge on any atom is -0.489 e. The monoisotopic (exact) mass is 494 g/mol. The van der Waals surface area contributed by atoms with Crippen LogP contribution in [-0.2, 0) is 13.2 Å². The number of ether oxygens (including phenoxy) is 2. The van der Waals surface area contributed by atoms with E-state index in [0.29, 0.717) is 13.2 Å². The van der Waals surface area contributed by atoms with Crippen molar-refractivity contribution in [2.24, 2.45) is 0 Å². The van der Waals surface area contributed by atoms with Gasteiger partial charge in [-0.2, -0.15) is 0 Å². The van der Waals surface area contributed by atoms with Gasteiger partial charge in [0.1, 0.15) is 24.7 Å². The van der Waals surface area contributed by atoms with E-state index in [4.69, 9.17) is 19.4 Å². The molecular formula is C34H26N2O2. The number of hydrogen-bond acceptors (Lipinski definition) is 4. The maximum absolute atomic E-state index is 6.11. The van der Waals surface area contributed by atoms with Crippen LogP contribution in [0, 0.1) is 0 Å². The van der Waals surface area contributed by atoms with E-state index in [1.54, 1.807) is 0 Å². The minimum atomic E-state index is 0.501. The van der Waals surface area contributed by atoms with Crippen LogP contribution in [-0.4, -0.2) is 9.97 Å². The molecule has 0 fully saturated rings. The lowest BCUT2D eigenvalue weighted by Crippen LogP contribution is -1.98. The van der Waals surface area contributed by atoms with Crippen LogP contribution in [0.25, 0.3) is 33.5 Å². The topological polar surface area (TPSA) is 44.2 Å². The van der Waals surface area contributed by atoms with Crippen LogP contribution in [0.4, 0.5) is 0 Å². The standard InChI is InChI=1S/C34H26N2O2/c1-3-11-25(12-4-1)23-37-29-17-9-15-27(21-29)33-34(36-32-20-8-7-19-31(32)35-33)28-16-10-18-30(22-28)38-24-26-13-5-2-6-14-26/h1-22H,23-24H2. The normalized spacial score (nSPS) is 10.8. The first kappa shape index (κ1) is 23.4. The second-order valence-corrected chi connectivity index (χ2v) is 9.01. The molecule has 1 aromatic heterocycles. The summed E-state index contributed by atoms with van der Waals surface area (Å²) in [6.07, 6.45) is 0. The van der Waals surface area contributed by atoms with Crippen LogP contribution < -0.4 is 9.47 Å². The van der Waals surface area contributed by atoms with Gasteiger partial charge in [0.05, 0.1) is 22.4 Å². The molecule has 38 heavy (non-hydrogen) atoms. The van der Waals surface area contributed by atoms with Crippen molar-refractivity contribution in [2.75, 3.05) is 0 Å². The summed E-state index contributed by atoms with van der Waals surface area (Å²) in [5.74, 6) is 1.57. The van der Waals surface area contributed by atoms with Crippen LogP contribution in [0.1, 0.15) is 11.1 Å². The first-order chi connectivity index (χ1) is 18.8. The van der Waals surface area contributed by atoms with Gasteiger partial charge in [-0.15, -0.1) is 0 Å². The van der Waals surface area contributed by atoms with Gasteiger partial charge in [0.25, 0.3) is 0 Å². The molecule has 0 bridgehead atoms. The van der Waals surface area contributed by atoms with E-state index in [1.807, 2.05) is 109 Å². The van der Waals surface area contributed by atoms with E-state index < -0.39 is 0 Å². The second kappa shape index (κ2) is 11.0. The lowest BCUT2D eigenvalue weighted by molar-refractivity contribution is 0.306. The van der Waals surface area contributed by atoms with E-state index in [9.17, 15) is 0 Å². The molecule has 0 N–H and O–H groups in total. The van der Waals surface area contributed by atoms with Gasteiger partial charge in [0, 0.05) is 11.1 Å². The Labute approximate surface area is 222 Å². The smallest absolute Gasteiger partial charge is 0.120 e. The molecule has 0 saturated carbocycles. The predicted octanol–water partition coefficient (Wildman–Crippen LogP) is 8.12. The minimum absolute atomic E-state index is 0.501. The van der Waals surface area contributed by atoms with Crippen LogP contribution >= 0.6 is 0 Å². The Kier molecular flexibility index (Phi) is 6.77. The molecule has 0 aliphatic heterocycles. The Morgan fingerprint density at radius 1 is 0.421 bits per heavy atom. The van der Waals surface area contributed by atoms with E-state index in [1.165, 1.54) is 0 Å². The first-order valence-corrected chi connectivity index (χ1v) is 12.6. The van der Waals surface area contributed by atoms with E-state index in [-0.39, 0.29) is 0 Å². The molecule has 0 unspecified atom stereocenters. The van der Waals surface area contributed by atoms with E-state index in [2.05, 4.69) is 24.3 Å². The number of fused-ring (bicyclic) bond motifs is 1. The van der Waals surface area contributed by atoms with Gasteiger partial charge in [-0.3, -0.25) is 0 Å². The molecule has 0 radical (unpaired) electrons. The molecule has 6 rings (SSSR count). The summed E-state index contributed by atoms with van der Waals surface area (Å²) in [6, 6.07) is 44.4.